The maximum absolute atomic E-state index is 10.9. The first-order chi connectivity index (χ1) is 4.90. The molecule has 0 bridgehead atoms. The van der Waals surface area contributed by atoms with E-state index < -0.39 is 17.2 Å². The Bertz CT molecular complexity index is 177. The van der Waals surface area contributed by atoms with E-state index in [9.17, 15) is 9.59 Å². The van der Waals surface area contributed by atoms with E-state index in [4.69, 9.17) is 5.11 Å². The molecular weight excluding hydrogens is 146 g/mol. The number of carbonyl (C=O) groups is 2. The molecule has 0 aliphatic carbocycles. The predicted octanol–water partition coefficient (Wildman–Crippen LogP) is -1.98. The third kappa shape index (κ3) is 3.11. The van der Waals surface area contributed by atoms with Gasteiger partial charge in [-0.3, -0.25) is 9.59 Å². The van der Waals surface area contributed by atoms with Gasteiger partial charge in [0.05, 0.1) is 7.11 Å². The maximum Gasteiger partial charge on any atom is 0.303 e. The van der Waals surface area contributed by atoms with Crippen molar-refractivity contribution in [2.24, 2.45) is 0 Å². The summed E-state index contributed by atoms with van der Waals surface area (Å²) >= 11 is 0. The van der Waals surface area contributed by atoms with Crippen LogP contribution in [-0.4, -0.2) is 39.8 Å². The van der Waals surface area contributed by atoms with Gasteiger partial charge in [-0.05, 0) is 0 Å². The van der Waals surface area contributed by atoms with Crippen molar-refractivity contribution in [1.29, 1.82) is 0 Å². The average Bonchev–Trinajstić information content (AvgIpc) is 1.83. The fourth-order valence-electron chi connectivity index (χ4n) is 0.727. The molecule has 0 aromatic carbocycles. The monoisotopic (exact) mass is 156 g/mol. The van der Waals surface area contributed by atoms with Crippen LogP contribution in [0.25, 0.3) is 0 Å². The van der Waals surface area contributed by atoms with Crippen LogP contribution in [0.15, 0.2) is 0 Å². The van der Waals surface area contributed by atoms with E-state index in [2.05, 4.69) is 4.74 Å². The molecule has 0 amide bonds. The molecule has 60 valence electrons. The molecule has 0 atom stereocenters. The van der Waals surface area contributed by atoms with Crippen LogP contribution in [0.1, 0.15) is 6.42 Å². The van der Waals surface area contributed by atoms with Gasteiger partial charge in [0.15, 0.2) is 0 Å². The summed E-state index contributed by atoms with van der Waals surface area (Å²) in [5, 5.41) is 7.46. The Morgan fingerprint density at radius 2 is 2.00 bits per heavy atom. The lowest BCUT2D eigenvalue weighted by Gasteiger charge is -2.18. The normalized spacial score (nSPS) is 10.6. The first kappa shape index (κ1) is 10.1. The largest absolute Gasteiger partial charge is 0.481 e. The molecule has 0 unspecified atom stereocenters. The highest BCUT2D eigenvalue weighted by Gasteiger charge is 2.31. The molecule has 0 heterocycles. The molecule has 0 saturated heterocycles. The Balaban J connectivity index is 4.21. The molecule has 0 rings (SSSR count). The molecule has 0 aromatic heterocycles. The highest BCUT2D eigenvalue weighted by molar-refractivity contribution is 6.50. The molecule has 0 spiro atoms. The van der Waals surface area contributed by atoms with Gasteiger partial charge in [-0.15, -0.1) is 0 Å². The van der Waals surface area contributed by atoms with Crippen molar-refractivity contribution < 1.29 is 19.4 Å². The topological polar surface area (TPSA) is 63.6 Å². The standard InChI is InChI=1S/C5H10B2O4/c1-11-4(10)5(6,7)2-3(8)9/h2,6-7H2,1H3,(H,8,9). The van der Waals surface area contributed by atoms with Crippen LogP contribution in [0.4, 0.5) is 0 Å². The van der Waals surface area contributed by atoms with Crippen LogP contribution in [0.3, 0.4) is 0 Å². The van der Waals surface area contributed by atoms with Gasteiger partial charge in [-0.1, -0.05) is 0 Å². The lowest BCUT2D eigenvalue weighted by molar-refractivity contribution is -0.146. The van der Waals surface area contributed by atoms with E-state index in [1.54, 1.807) is 0 Å². The molecule has 0 saturated carbocycles. The Morgan fingerprint density at radius 1 is 1.55 bits per heavy atom. The first-order valence-electron chi connectivity index (χ1n) is 3.20. The van der Waals surface area contributed by atoms with Crippen LogP contribution in [0.2, 0.25) is 5.21 Å². The number of rotatable bonds is 3. The van der Waals surface area contributed by atoms with Crippen molar-refractivity contribution in [3.05, 3.63) is 0 Å². The van der Waals surface area contributed by atoms with Crippen molar-refractivity contribution >= 4 is 27.6 Å². The lowest BCUT2D eigenvalue weighted by atomic mass is 9.53. The Hall–Kier alpha value is -0.930. The summed E-state index contributed by atoms with van der Waals surface area (Å²) in [6.07, 6.45) is -0.209. The van der Waals surface area contributed by atoms with Gasteiger partial charge in [0.2, 0.25) is 0 Å². The number of carbonyl (C=O) groups excluding carboxylic acids is 1. The van der Waals surface area contributed by atoms with Crippen molar-refractivity contribution in [3.8, 4) is 0 Å². The second kappa shape index (κ2) is 3.46. The fourth-order valence-corrected chi connectivity index (χ4v) is 0.727. The Morgan fingerprint density at radius 3 is 2.27 bits per heavy atom. The summed E-state index contributed by atoms with van der Waals surface area (Å²) in [5.41, 5.74) is 0. The van der Waals surface area contributed by atoms with Crippen molar-refractivity contribution in [2.45, 2.75) is 11.6 Å². The number of aliphatic carboxylic acids is 1. The van der Waals surface area contributed by atoms with Gasteiger partial charge < -0.3 is 9.84 Å². The Kier molecular flexibility index (Phi) is 3.17. The quantitative estimate of drug-likeness (QED) is 0.379. The van der Waals surface area contributed by atoms with E-state index in [-0.39, 0.29) is 6.42 Å². The van der Waals surface area contributed by atoms with Crippen LogP contribution in [0.5, 0.6) is 0 Å². The van der Waals surface area contributed by atoms with E-state index in [1.807, 2.05) is 0 Å². The number of ether oxygens (including phenoxy) is 1. The summed E-state index contributed by atoms with van der Waals surface area (Å²) in [5.74, 6) is -1.50. The molecule has 0 radical (unpaired) electrons. The minimum atomic E-state index is -1.000. The number of methoxy groups -OCH3 is 1. The third-order valence-electron chi connectivity index (χ3n) is 1.33. The van der Waals surface area contributed by atoms with Gasteiger partial charge in [-0.2, -0.15) is 0 Å². The van der Waals surface area contributed by atoms with Crippen LogP contribution >= 0.6 is 0 Å². The van der Waals surface area contributed by atoms with E-state index >= 15 is 0 Å². The summed E-state index contributed by atoms with van der Waals surface area (Å²) in [7, 11) is 4.31. The maximum atomic E-state index is 10.9. The van der Waals surface area contributed by atoms with Crippen LogP contribution < -0.4 is 0 Å². The molecular formula is C5H10B2O4. The summed E-state index contributed by atoms with van der Waals surface area (Å²) in [6, 6.07) is 0. The van der Waals surface area contributed by atoms with E-state index in [0.29, 0.717) is 0 Å². The SMILES string of the molecule is BC(B)(CC(=O)O)C(=O)OC. The van der Waals surface area contributed by atoms with Gasteiger partial charge in [0, 0.05) is 11.6 Å². The summed E-state index contributed by atoms with van der Waals surface area (Å²) in [4.78, 5) is 21.1. The minimum absolute atomic E-state index is 0.209. The number of hydrogen-bond donors (Lipinski definition) is 1. The number of esters is 1. The molecule has 11 heavy (non-hydrogen) atoms. The zero-order valence-corrected chi connectivity index (χ0v) is 6.88. The summed E-state index contributed by atoms with van der Waals surface area (Å²) in [6.45, 7) is 0. The second-order valence-electron chi connectivity index (χ2n) is 2.95. The van der Waals surface area contributed by atoms with Crippen molar-refractivity contribution in [3.63, 3.8) is 0 Å². The van der Waals surface area contributed by atoms with Crippen molar-refractivity contribution in [1.82, 2.24) is 0 Å². The molecule has 0 aliphatic heterocycles. The predicted molar refractivity (Wildman–Crippen MR) is 44.0 cm³/mol. The number of carboxylic acids is 1. The Labute approximate surface area is 66.7 Å². The molecule has 0 fully saturated rings. The number of carboxylic acid groups (broad SMARTS) is 1. The van der Waals surface area contributed by atoms with Gasteiger partial charge >= 0.3 is 5.97 Å². The van der Waals surface area contributed by atoms with Crippen LogP contribution in [0, 0.1) is 0 Å². The van der Waals surface area contributed by atoms with Crippen molar-refractivity contribution in [2.75, 3.05) is 7.11 Å². The molecule has 0 aliphatic rings. The fraction of sp³-hybridized carbons (Fsp3) is 0.600. The van der Waals surface area contributed by atoms with Gasteiger partial charge in [0.25, 0.3) is 5.97 Å². The molecule has 1 N–H and O–H groups in total. The third-order valence-corrected chi connectivity index (χ3v) is 1.33. The minimum Gasteiger partial charge on any atom is -0.481 e. The first-order valence-corrected chi connectivity index (χ1v) is 3.20. The van der Waals surface area contributed by atoms with Gasteiger partial charge in [0.1, 0.15) is 15.7 Å². The average molecular weight is 156 g/mol. The molecule has 6 heteroatoms. The lowest BCUT2D eigenvalue weighted by Crippen LogP contribution is -2.28. The second-order valence-corrected chi connectivity index (χ2v) is 2.95. The highest BCUT2D eigenvalue weighted by Crippen LogP contribution is 2.22. The summed E-state index contributed by atoms with van der Waals surface area (Å²) < 4.78 is 4.41. The molecule has 0 aromatic rings. The van der Waals surface area contributed by atoms with Crippen LogP contribution in [-0.2, 0) is 14.3 Å². The molecule has 4 nitrogen and oxygen atoms in total. The smallest absolute Gasteiger partial charge is 0.303 e. The van der Waals surface area contributed by atoms with E-state index in [1.165, 1.54) is 22.8 Å². The zero-order valence-electron chi connectivity index (χ0n) is 6.88. The number of hydrogen-bond acceptors (Lipinski definition) is 3. The van der Waals surface area contributed by atoms with E-state index in [0.717, 1.165) is 0 Å². The highest BCUT2D eigenvalue weighted by atomic mass is 16.5. The zero-order chi connectivity index (χ0) is 9.07. The van der Waals surface area contributed by atoms with Gasteiger partial charge in [-0.25, -0.2) is 0 Å².